The molecule has 0 bridgehead atoms. The Kier molecular flexibility index (Phi) is 3.50. The largest absolute Gasteiger partial charge is 0.463 e. The normalized spacial score (nSPS) is 24.0. The van der Waals surface area contributed by atoms with E-state index in [1.807, 2.05) is 6.92 Å². The van der Waals surface area contributed by atoms with Crippen LogP contribution in [0.2, 0.25) is 0 Å². The highest BCUT2D eigenvalue weighted by Crippen LogP contribution is 1.98. The predicted molar refractivity (Wildman–Crippen MR) is 50.3 cm³/mol. The van der Waals surface area contributed by atoms with Gasteiger partial charge in [0.1, 0.15) is 5.70 Å². The van der Waals surface area contributed by atoms with Gasteiger partial charge < -0.3 is 15.4 Å². The van der Waals surface area contributed by atoms with Gasteiger partial charge in [-0.05, 0) is 13.8 Å². The second-order valence-electron chi connectivity index (χ2n) is 3.07. The van der Waals surface area contributed by atoms with Gasteiger partial charge in [0.25, 0.3) is 5.91 Å². The average Bonchev–Trinajstić information content (AvgIpc) is 2.10. The van der Waals surface area contributed by atoms with Crippen LogP contribution >= 0.6 is 0 Å². The highest BCUT2D eigenvalue weighted by atomic mass is 16.5. The number of rotatable bonds is 2. The minimum absolute atomic E-state index is 0.0850. The number of piperazine rings is 1. The Hall–Kier alpha value is -1.52. The van der Waals surface area contributed by atoms with Gasteiger partial charge in [-0.3, -0.25) is 4.79 Å². The van der Waals surface area contributed by atoms with Crippen molar-refractivity contribution in [1.82, 2.24) is 10.6 Å². The van der Waals surface area contributed by atoms with Gasteiger partial charge >= 0.3 is 5.97 Å². The van der Waals surface area contributed by atoms with Gasteiger partial charge in [0, 0.05) is 12.6 Å². The van der Waals surface area contributed by atoms with Crippen LogP contribution in [-0.2, 0) is 14.3 Å². The average molecular weight is 198 g/mol. The molecule has 5 heteroatoms. The molecule has 0 aliphatic carbocycles. The molecule has 1 aliphatic rings. The molecule has 1 amide bonds. The number of hydrogen-bond donors (Lipinski definition) is 2. The van der Waals surface area contributed by atoms with E-state index in [0.29, 0.717) is 13.2 Å². The molecule has 0 aromatic carbocycles. The fourth-order valence-electron chi connectivity index (χ4n) is 1.11. The Morgan fingerprint density at radius 1 is 1.71 bits per heavy atom. The van der Waals surface area contributed by atoms with Crippen LogP contribution in [-0.4, -0.2) is 31.1 Å². The number of carbonyl (C=O) groups is 2. The first-order chi connectivity index (χ1) is 6.63. The van der Waals surface area contributed by atoms with Gasteiger partial charge in [0.05, 0.1) is 12.7 Å². The van der Waals surface area contributed by atoms with E-state index in [9.17, 15) is 9.59 Å². The van der Waals surface area contributed by atoms with Gasteiger partial charge in [-0.2, -0.15) is 0 Å². The Bertz CT molecular complexity index is 273. The summed E-state index contributed by atoms with van der Waals surface area (Å²) in [6, 6.07) is 0.0850. The van der Waals surface area contributed by atoms with E-state index < -0.39 is 5.97 Å². The van der Waals surface area contributed by atoms with E-state index >= 15 is 0 Å². The summed E-state index contributed by atoms with van der Waals surface area (Å²) in [4.78, 5) is 22.3. The van der Waals surface area contributed by atoms with Crippen molar-refractivity contribution >= 4 is 11.9 Å². The summed E-state index contributed by atoms with van der Waals surface area (Å²) in [5.41, 5.74) is 0.265. The zero-order valence-corrected chi connectivity index (χ0v) is 8.29. The SMILES string of the molecule is CCOC(=O)C=C1NCC(C)NC1=O. The molecule has 14 heavy (non-hydrogen) atoms. The highest BCUT2D eigenvalue weighted by molar-refractivity contribution is 5.99. The zero-order chi connectivity index (χ0) is 10.6. The van der Waals surface area contributed by atoms with E-state index in [-0.39, 0.29) is 17.6 Å². The van der Waals surface area contributed by atoms with Gasteiger partial charge in [-0.1, -0.05) is 0 Å². The Morgan fingerprint density at radius 3 is 3.00 bits per heavy atom. The van der Waals surface area contributed by atoms with Crippen LogP contribution in [0.5, 0.6) is 0 Å². The molecule has 2 N–H and O–H groups in total. The first kappa shape index (κ1) is 10.6. The third kappa shape index (κ3) is 2.76. The van der Waals surface area contributed by atoms with Gasteiger partial charge in [0.15, 0.2) is 0 Å². The molecular formula is C9H14N2O3. The molecule has 0 aromatic heterocycles. The number of amides is 1. The molecule has 78 valence electrons. The molecule has 1 heterocycles. The van der Waals surface area contributed by atoms with Crippen LogP contribution in [0.25, 0.3) is 0 Å². The monoisotopic (exact) mass is 198 g/mol. The number of ether oxygens (including phenoxy) is 1. The van der Waals surface area contributed by atoms with Gasteiger partial charge in [0.2, 0.25) is 0 Å². The molecular weight excluding hydrogens is 184 g/mol. The van der Waals surface area contributed by atoms with Crippen LogP contribution in [0.3, 0.4) is 0 Å². The predicted octanol–water partition coefficient (Wildman–Crippen LogP) is -0.459. The Labute approximate surface area is 82.5 Å². The fraction of sp³-hybridized carbons (Fsp3) is 0.556. The van der Waals surface area contributed by atoms with Crippen molar-refractivity contribution in [3.05, 3.63) is 11.8 Å². The zero-order valence-electron chi connectivity index (χ0n) is 8.29. The second kappa shape index (κ2) is 4.64. The summed E-state index contributed by atoms with van der Waals surface area (Å²) < 4.78 is 4.68. The van der Waals surface area contributed by atoms with Crippen molar-refractivity contribution in [2.24, 2.45) is 0 Å². The molecule has 1 aliphatic heterocycles. The number of nitrogens with one attached hydrogen (secondary N) is 2. The summed E-state index contributed by atoms with van der Waals surface area (Å²) in [5, 5.41) is 5.56. The first-order valence-electron chi connectivity index (χ1n) is 4.56. The quantitative estimate of drug-likeness (QED) is 0.465. The standard InChI is InChI=1S/C9H14N2O3/c1-3-14-8(12)4-7-9(13)11-6(2)5-10-7/h4,6,10H,3,5H2,1-2H3,(H,11,13). The Balaban J connectivity index is 2.59. The van der Waals surface area contributed by atoms with Crippen molar-refractivity contribution in [3.63, 3.8) is 0 Å². The molecule has 1 atom stereocenters. The molecule has 0 radical (unpaired) electrons. The summed E-state index contributed by atoms with van der Waals surface area (Å²) >= 11 is 0. The lowest BCUT2D eigenvalue weighted by Crippen LogP contribution is -2.49. The highest BCUT2D eigenvalue weighted by Gasteiger charge is 2.19. The number of hydrogen-bond acceptors (Lipinski definition) is 4. The lowest BCUT2D eigenvalue weighted by atomic mass is 10.2. The van der Waals surface area contributed by atoms with E-state index in [1.165, 1.54) is 6.08 Å². The molecule has 5 nitrogen and oxygen atoms in total. The molecule has 1 rings (SSSR count). The third-order valence-corrected chi connectivity index (χ3v) is 1.77. The minimum atomic E-state index is -0.500. The smallest absolute Gasteiger partial charge is 0.333 e. The van der Waals surface area contributed by atoms with Crippen LogP contribution in [0.4, 0.5) is 0 Å². The maximum Gasteiger partial charge on any atom is 0.333 e. The third-order valence-electron chi connectivity index (χ3n) is 1.77. The summed E-state index contributed by atoms with van der Waals surface area (Å²) in [6.07, 6.45) is 1.17. The maximum absolute atomic E-state index is 11.3. The van der Waals surface area contributed by atoms with Gasteiger partial charge in [-0.15, -0.1) is 0 Å². The molecule has 1 saturated heterocycles. The van der Waals surface area contributed by atoms with Crippen molar-refractivity contribution in [3.8, 4) is 0 Å². The molecule has 0 aromatic rings. The van der Waals surface area contributed by atoms with E-state index in [0.717, 1.165) is 0 Å². The summed E-state index contributed by atoms with van der Waals surface area (Å²) in [6.45, 7) is 4.52. The number of esters is 1. The van der Waals surface area contributed by atoms with E-state index in [1.54, 1.807) is 6.92 Å². The van der Waals surface area contributed by atoms with E-state index in [2.05, 4.69) is 15.4 Å². The lowest BCUT2D eigenvalue weighted by Gasteiger charge is -2.23. The van der Waals surface area contributed by atoms with E-state index in [4.69, 9.17) is 0 Å². The van der Waals surface area contributed by atoms with Crippen LogP contribution in [0.1, 0.15) is 13.8 Å². The fourth-order valence-corrected chi connectivity index (χ4v) is 1.11. The minimum Gasteiger partial charge on any atom is -0.463 e. The Morgan fingerprint density at radius 2 is 2.43 bits per heavy atom. The summed E-state index contributed by atoms with van der Waals surface area (Å²) in [5.74, 6) is -0.767. The van der Waals surface area contributed by atoms with Crippen LogP contribution in [0.15, 0.2) is 11.8 Å². The molecule has 0 saturated carbocycles. The van der Waals surface area contributed by atoms with Crippen molar-refractivity contribution in [1.29, 1.82) is 0 Å². The van der Waals surface area contributed by atoms with Crippen molar-refractivity contribution in [2.45, 2.75) is 19.9 Å². The first-order valence-corrected chi connectivity index (χ1v) is 4.56. The second-order valence-corrected chi connectivity index (χ2v) is 3.07. The van der Waals surface area contributed by atoms with Crippen LogP contribution < -0.4 is 10.6 Å². The maximum atomic E-state index is 11.3. The molecule has 1 unspecified atom stereocenters. The van der Waals surface area contributed by atoms with Crippen molar-refractivity contribution in [2.75, 3.05) is 13.2 Å². The van der Waals surface area contributed by atoms with Crippen LogP contribution in [0, 0.1) is 0 Å². The molecule has 1 fully saturated rings. The van der Waals surface area contributed by atoms with Crippen molar-refractivity contribution < 1.29 is 14.3 Å². The summed E-state index contributed by atoms with van der Waals surface area (Å²) in [7, 11) is 0. The topological polar surface area (TPSA) is 67.4 Å². The molecule has 0 spiro atoms. The number of carbonyl (C=O) groups excluding carboxylic acids is 2. The lowest BCUT2D eigenvalue weighted by molar-refractivity contribution is -0.137. The van der Waals surface area contributed by atoms with Gasteiger partial charge in [-0.25, -0.2) is 4.79 Å².